The first-order valence-corrected chi connectivity index (χ1v) is 7.92. The number of hydrogen-bond acceptors (Lipinski definition) is 3. The summed E-state index contributed by atoms with van der Waals surface area (Å²) < 4.78 is 0. The highest BCUT2D eigenvalue weighted by molar-refractivity contribution is 5.92. The van der Waals surface area contributed by atoms with E-state index in [2.05, 4.69) is 22.6 Å². The topological polar surface area (TPSA) is 44.4 Å². The highest BCUT2D eigenvalue weighted by Crippen LogP contribution is 2.21. The molecule has 1 aliphatic rings. The quantitative estimate of drug-likeness (QED) is 0.758. The Hall–Kier alpha value is -1.39. The summed E-state index contributed by atoms with van der Waals surface area (Å²) in [6.07, 6.45) is 5.37. The molecule has 0 saturated heterocycles. The van der Waals surface area contributed by atoms with Crippen molar-refractivity contribution >= 4 is 11.6 Å². The predicted molar refractivity (Wildman–Crippen MR) is 87.6 cm³/mol. The van der Waals surface area contributed by atoms with Crippen molar-refractivity contribution in [1.29, 1.82) is 0 Å². The Labute approximate surface area is 127 Å². The van der Waals surface area contributed by atoms with Gasteiger partial charge in [-0.1, -0.05) is 30.5 Å². The van der Waals surface area contributed by atoms with Gasteiger partial charge in [0.2, 0.25) is 5.91 Å². The molecule has 0 bridgehead atoms. The molecule has 116 valence electrons. The summed E-state index contributed by atoms with van der Waals surface area (Å²) in [7, 11) is 2.18. The van der Waals surface area contributed by atoms with Gasteiger partial charge in [-0.25, -0.2) is 0 Å². The Morgan fingerprint density at radius 2 is 1.90 bits per heavy atom. The van der Waals surface area contributed by atoms with Crippen LogP contribution in [0.15, 0.2) is 24.3 Å². The minimum Gasteiger partial charge on any atom is -0.325 e. The fourth-order valence-electron chi connectivity index (χ4n) is 2.83. The van der Waals surface area contributed by atoms with Gasteiger partial charge in [-0.2, -0.15) is 0 Å². The molecule has 1 aromatic carbocycles. The number of nitrogens with one attached hydrogen (secondary N) is 2. The van der Waals surface area contributed by atoms with Crippen LogP contribution in [0.1, 0.15) is 31.2 Å². The first-order chi connectivity index (χ1) is 10.1. The van der Waals surface area contributed by atoms with Gasteiger partial charge in [0, 0.05) is 24.8 Å². The second kappa shape index (κ2) is 8.15. The predicted octanol–water partition coefficient (Wildman–Crippen LogP) is 2.40. The van der Waals surface area contributed by atoms with Crippen molar-refractivity contribution in [3.05, 3.63) is 29.8 Å². The molecular formula is C17H27N3O. The fraction of sp³-hybridized carbons (Fsp3) is 0.588. The van der Waals surface area contributed by atoms with Crippen LogP contribution < -0.4 is 10.6 Å². The van der Waals surface area contributed by atoms with E-state index in [1.54, 1.807) is 0 Å². The van der Waals surface area contributed by atoms with Crippen LogP contribution in [-0.2, 0) is 4.79 Å². The minimum atomic E-state index is 0.0161. The first kappa shape index (κ1) is 16.0. The highest BCUT2D eigenvalue weighted by atomic mass is 16.1. The van der Waals surface area contributed by atoms with Crippen molar-refractivity contribution in [1.82, 2.24) is 10.2 Å². The van der Waals surface area contributed by atoms with E-state index >= 15 is 0 Å². The molecule has 0 radical (unpaired) electrons. The molecule has 1 saturated carbocycles. The van der Waals surface area contributed by atoms with Gasteiger partial charge < -0.3 is 15.5 Å². The zero-order valence-electron chi connectivity index (χ0n) is 13.2. The molecule has 2 N–H and O–H groups in total. The number of aryl methyl sites for hydroxylation is 1. The van der Waals surface area contributed by atoms with Gasteiger partial charge in [0.25, 0.3) is 0 Å². The van der Waals surface area contributed by atoms with Crippen LogP contribution in [-0.4, -0.2) is 43.5 Å². The smallest absolute Gasteiger partial charge is 0.238 e. The number of carbonyl (C=O) groups excluding carboxylic acids is 1. The number of nitrogens with zero attached hydrogens (tertiary/aromatic N) is 1. The summed E-state index contributed by atoms with van der Waals surface area (Å²) in [5.41, 5.74) is 2.05. The average molecular weight is 289 g/mol. The van der Waals surface area contributed by atoms with E-state index in [0.717, 1.165) is 24.8 Å². The van der Waals surface area contributed by atoms with Crippen molar-refractivity contribution in [2.45, 2.75) is 38.6 Å². The number of benzene rings is 1. The Morgan fingerprint density at radius 3 is 2.57 bits per heavy atom. The van der Waals surface area contributed by atoms with E-state index in [1.165, 1.54) is 31.2 Å². The van der Waals surface area contributed by atoms with Crippen molar-refractivity contribution in [2.24, 2.45) is 0 Å². The minimum absolute atomic E-state index is 0.0161. The summed E-state index contributed by atoms with van der Waals surface area (Å²) in [6.45, 7) is 4.26. The molecule has 0 aliphatic heterocycles. The standard InChI is InChI=1S/C17H27N3O/c1-14-7-9-15(10-8-14)19-17(21)13-18-11-12-20(2)16-5-3-4-6-16/h7-10,16,18H,3-6,11-13H2,1-2H3,(H,19,21). The Bertz CT molecular complexity index is 438. The number of amides is 1. The van der Waals surface area contributed by atoms with Gasteiger partial charge in [-0.15, -0.1) is 0 Å². The van der Waals surface area contributed by atoms with Crippen LogP contribution in [0.25, 0.3) is 0 Å². The van der Waals surface area contributed by atoms with E-state index in [9.17, 15) is 4.79 Å². The van der Waals surface area contributed by atoms with Crippen LogP contribution >= 0.6 is 0 Å². The molecule has 0 atom stereocenters. The number of anilines is 1. The van der Waals surface area contributed by atoms with Crippen molar-refractivity contribution in [3.63, 3.8) is 0 Å². The highest BCUT2D eigenvalue weighted by Gasteiger charge is 2.18. The summed E-state index contributed by atoms with van der Waals surface area (Å²) in [5.74, 6) is 0.0161. The SMILES string of the molecule is Cc1ccc(NC(=O)CNCCN(C)C2CCCC2)cc1. The summed E-state index contributed by atoms with van der Waals surface area (Å²) in [5, 5.41) is 6.11. The lowest BCUT2D eigenvalue weighted by molar-refractivity contribution is -0.115. The molecule has 4 nitrogen and oxygen atoms in total. The monoisotopic (exact) mass is 289 g/mol. The molecule has 0 spiro atoms. The van der Waals surface area contributed by atoms with E-state index < -0.39 is 0 Å². The first-order valence-electron chi connectivity index (χ1n) is 7.92. The summed E-state index contributed by atoms with van der Waals surface area (Å²) >= 11 is 0. The Kier molecular flexibility index (Phi) is 6.21. The van der Waals surface area contributed by atoms with E-state index in [1.807, 2.05) is 31.2 Å². The zero-order valence-corrected chi connectivity index (χ0v) is 13.2. The molecule has 0 unspecified atom stereocenters. The maximum atomic E-state index is 11.8. The molecule has 21 heavy (non-hydrogen) atoms. The number of likely N-dealkylation sites (N-methyl/N-ethyl adjacent to an activating group) is 1. The maximum absolute atomic E-state index is 11.8. The lowest BCUT2D eigenvalue weighted by Crippen LogP contribution is -2.37. The number of rotatable bonds is 7. The molecule has 1 aromatic rings. The second-order valence-corrected chi connectivity index (χ2v) is 6.01. The molecule has 0 aromatic heterocycles. The Balaban J connectivity index is 1.59. The summed E-state index contributed by atoms with van der Waals surface area (Å²) in [6, 6.07) is 8.61. The van der Waals surface area contributed by atoms with E-state index in [4.69, 9.17) is 0 Å². The zero-order chi connectivity index (χ0) is 15.1. The third-order valence-electron chi connectivity index (χ3n) is 4.21. The lowest BCUT2D eigenvalue weighted by atomic mass is 10.2. The van der Waals surface area contributed by atoms with Gasteiger partial charge in [0.1, 0.15) is 0 Å². The second-order valence-electron chi connectivity index (χ2n) is 6.01. The van der Waals surface area contributed by atoms with Crippen molar-refractivity contribution in [3.8, 4) is 0 Å². The van der Waals surface area contributed by atoms with Crippen LogP contribution in [0.5, 0.6) is 0 Å². The largest absolute Gasteiger partial charge is 0.325 e. The molecule has 1 amide bonds. The molecule has 0 heterocycles. The van der Waals surface area contributed by atoms with Crippen molar-refractivity contribution in [2.75, 3.05) is 32.0 Å². The maximum Gasteiger partial charge on any atom is 0.238 e. The lowest BCUT2D eigenvalue weighted by Gasteiger charge is -2.23. The van der Waals surface area contributed by atoms with Gasteiger partial charge in [0.15, 0.2) is 0 Å². The van der Waals surface area contributed by atoms with Crippen molar-refractivity contribution < 1.29 is 4.79 Å². The number of hydrogen-bond donors (Lipinski definition) is 2. The van der Waals surface area contributed by atoms with Gasteiger partial charge in [0.05, 0.1) is 6.54 Å². The van der Waals surface area contributed by atoms with Gasteiger partial charge in [-0.05, 0) is 38.9 Å². The third-order valence-corrected chi connectivity index (χ3v) is 4.21. The molecular weight excluding hydrogens is 262 g/mol. The molecule has 4 heteroatoms. The summed E-state index contributed by atoms with van der Waals surface area (Å²) in [4.78, 5) is 14.2. The Morgan fingerprint density at radius 1 is 1.24 bits per heavy atom. The van der Waals surface area contributed by atoms with E-state index in [0.29, 0.717) is 6.54 Å². The van der Waals surface area contributed by atoms with Gasteiger partial charge in [-0.3, -0.25) is 4.79 Å². The molecule has 1 fully saturated rings. The molecule has 2 rings (SSSR count). The molecule has 1 aliphatic carbocycles. The van der Waals surface area contributed by atoms with E-state index in [-0.39, 0.29) is 5.91 Å². The third kappa shape index (κ3) is 5.48. The normalized spacial score (nSPS) is 15.6. The average Bonchev–Trinajstić information content (AvgIpc) is 3.00. The fourth-order valence-corrected chi connectivity index (χ4v) is 2.83. The van der Waals surface area contributed by atoms with Crippen LogP contribution in [0.3, 0.4) is 0 Å². The van der Waals surface area contributed by atoms with Crippen LogP contribution in [0.4, 0.5) is 5.69 Å². The van der Waals surface area contributed by atoms with Gasteiger partial charge >= 0.3 is 0 Å². The number of carbonyl (C=O) groups is 1. The van der Waals surface area contributed by atoms with Crippen LogP contribution in [0, 0.1) is 6.92 Å². The van der Waals surface area contributed by atoms with Crippen LogP contribution in [0.2, 0.25) is 0 Å².